The van der Waals surface area contributed by atoms with Gasteiger partial charge in [-0.15, -0.1) is 0 Å². The molecule has 1 aromatic rings. The summed E-state index contributed by atoms with van der Waals surface area (Å²) in [6.07, 6.45) is 13.4. The molecule has 5 atom stereocenters. The average Bonchev–Trinajstić information content (AvgIpc) is 3.52. The van der Waals surface area contributed by atoms with Crippen molar-refractivity contribution in [3.05, 3.63) is 40.4 Å². The fourth-order valence-corrected chi connectivity index (χ4v) is 7.86. The summed E-state index contributed by atoms with van der Waals surface area (Å²) in [5.74, 6) is -2.12. The third kappa shape index (κ3) is 4.37. The van der Waals surface area contributed by atoms with E-state index >= 15 is 0 Å². The lowest BCUT2D eigenvalue weighted by atomic mass is 9.74. The van der Waals surface area contributed by atoms with Gasteiger partial charge in [0, 0.05) is 27.8 Å². The van der Waals surface area contributed by atoms with Crippen molar-refractivity contribution < 1.29 is 19.1 Å². The number of carbonyl (C=O) groups excluding carboxylic acids is 3. The number of carbonyl (C=O) groups is 3. The number of nitrogens with one attached hydrogen (secondary N) is 2. The van der Waals surface area contributed by atoms with E-state index in [4.69, 9.17) is 27.9 Å². The molecule has 0 unspecified atom stereocenters. The molecule has 37 heavy (non-hydrogen) atoms. The number of benzene rings is 1. The van der Waals surface area contributed by atoms with Crippen LogP contribution in [0.4, 0.5) is 5.69 Å². The number of anilines is 1. The van der Waals surface area contributed by atoms with E-state index in [0.29, 0.717) is 15.7 Å². The molecular formula is C28H33Cl2N3O4. The normalized spacial score (nSPS) is 33.6. The summed E-state index contributed by atoms with van der Waals surface area (Å²) in [6, 6.07) is 4.17. The van der Waals surface area contributed by atoms with Gasteiger partial charge in [-0.2, -0.15) is 0 Å². The van der Waals surface area contributed by atoms with Crippen LogP contribution in [0.5, 0.6) is 0 Å². The summed E-state index contributed by atoms with van der Waals surface area (Å²) in [6.45, 7) is 0. The minimum Gasteiger partial charge on any atom is -0.359 e. The highest BCUT2D eigenvalue weighted by molar-refractivity contribution is 6.35. The third-order valence-corrected chi connectivity index (χ3v) is 9.35. The highest BCUT2D eigenvalue weighted by Gasteiger charge is 2.73. The molecule has 0 aromatic heterocycles. The van der Waals surface area contributed by atoms with Gasteiger partial charge < -0.3 is 20.3 Å². The van der Waals surface area contributed by atoms with Gasteiger partial charge in [0.15, 0.2) is 0 Å². The molecule has 2 aliphatic carbocycles. The number of fused-ring (bicyclic) bond motifs is 1. The Morgan fingerprint density at radius 3 is 2.24 bits per heavy atom. The topological polar surface area (TPSA) is 87.7 Å². The zero-order valence-electron chi connectivity index (χ0n) is 20.8. The number of nitrogens with zero attached hydrogens (tertiary/aromatic N) is 1. The van der Waals surface area contributed by atoms with Crippen molar-refractivity contribution in [2.24, 2.45) is 11.8 Å². The Hall–Kier alpha value is -2.09. The molecule has 9 heteroatoms. The molecule has 1 spiro atoms. The molecule has 2 saturated heterocycles. The van der Waals surface area contributed by atoms with Crippen molar-refractivity contribution in [3.8, 4) is 0 Å². The Bertz CT molecular complexity index is 1110. The van der Waals surface area contributed by atoms with Gasteiger partial charge in [-0.05, 0) is 43.9 Å². The highest BCUT2D eigenvalue weighted by Crippen LogP contribution is 2.56. The van der Waals surface area contributed by atoms with Gasteiger partial charge in [-0.25, -0.2) is 0 Å². The van der Waals surface area contributed by atoms with Crippen LogP contribution in [-0.4, -0.2) is 52.5 Å². The summed E-state index contributed by atoms with van der Waals surface area (Å²) in [5.41, 5.74) is -0.671. The number of halogens is 2. The first-order chi connectivity index (χ1) is 17.9. The zero-order chi connectivity index (χ0) is 25.7. The minimum absolute atomic E-state index is 0.0187. The summed E-state index contributed by atoms with van der Waals surface area (Å²) in [4.78, 5) is 43.5. The molecule has 0 radical (unpaired) electrons. The van der Waals surface area contributed by atoms with Gasteiger partial charge in [0.2, 0.25) is 17.7 Å². The first-order valence-corrected chi connectivity index (χ1v) is 14.4. The molecule has 2 N–H and O–H groups in total. The lowest BCUT2D eigenvalue weighted by molar-refractivity contribution is -0.144. The zero-order valence-corrected chi connectivity index (χ0v) is 22.3. The van der Waals surface area contributed by atoms with Crippen molar-refractivity contribution in [1.29, 1.82) is 0 Å². The molecule has 3 amide bonds. The molecule has 5 aliphatic rings. The number of rotatable bonds is 5. The molecule has 4 fully saturated rings. The third-order valence-electron chi connectivity index (χ3n) is 8.91. The second-order valence-corrected chi connectivity index (χ2v) is 12.1. The van der Waals surface area contributed by atoms with Gasteiger partial charge in [0.25, 0.3) is 0 Å². The van der Waals surface area contributed by atoms with Gasteiger partial charge in [-0.3, -0.25) is 14.4 Å². The van der Waals surface area contributed by atoms with Crippen LogP contribution in [0.1, 0.15) is 64.2 Å². The van der Waals surface area contributed by atoms with E-state index in [1.165, 1.54) is 6.42 Å². The Morgan fingerprint density at radius 2 is 1.57 bits per heavy atom. The predicted octanol–water partition coefficient (Wildman–Crippen LogP) is 4.86. The van der Waals surface area contributed by atoms with Gasteiger partial charge in [0.05, 0.1) is 17.9 Å². The maximum atomic E-state index is 14.2. The van der Waals surface area contributed by atoms with Crippen molar-refractivity contribution in [1.82, 2.24) is 10.2 Å². The van der Waals surface area contributed by atoms with Crippen LogP contribution in [0, 0.1) is 11.8 Å². The monoisotopic (exact) mass is 545 g/mol. The SMILES string of the molecule is O=C(Nc1cc(Cl)cc(Cl)c1)[C@@H]1[C@@H]2C=C[C@]3(O2)[C@@H]1C(=O)N(C1CCCCC1)[C@H]3C(=O)NC1CCCCC1. The smallest absolute Gasteiger partial charge is 0.246 e. The second kappa shape index (κ2) is 9.90. The van der Waals surface area contributed by atoms with Crippen LogP contribution >= 0.6 is 23.2 Å². The van der Waals surface area contributed by atoms with Crippen LogP contribution in [0.3, 0.4) is 0 Å². The van der Waals surface area contributed by atoms with Crippen molar-refractivity contribution >= 4 is 46.6 Å². The Labute approximate surface area is 227 Å². The lowest BCUT2D eigenvalue weighted by Crippen LogP contribution is -2.58. The number of hydrogen-bond acceptors (Lipinski definition) is 4. The van der Waals surface area contributed by atoms with Gasteiger partial charge in [-0.1, -0.05) is 73.9 Å². The number of ether oxygens (including phenoxy) is 1. The van der Waals surface area contributed by atoms with Crippen molar-refractivity contribution in [3.63, 3.8) is 0 Å². The first-order valence-electron chi connectivity index (χ1n) is 13.6. The van der Waals surface area contributed by atoms with E-state index in [9.17, 15) is 14.4 Å². The predicted molar refractivity (Wildman–Crippen MR) is 141 cm³/mol. The van der Waals surface area contributed by atoms with E-state index in [-0.39, 0.29) is 29.8 Å². The maximum absolute atomic E-state index is 14.2. The molecule has 3 heterocycles. The van der Waals surface area contributed by atoms with Crippen LogP contribution in [0.15, 0.2) is 30.4 Å². The Balaban J connectivity index is 1.32. The first kappa shape index (κ1) is 25.2. The molecule has 2 saturated carbocycles. The fraction of sp³-hybridized carbons (Fsp3) is 0.607. The summed E-state index contributed by atoms with van der Waals surface area (Å²) in [5, 5.41) is 6.96. The molecule has 198 valence electrons. The van der Waals surface area contributed by atoms with E-state index in [1.807, 2.05) is 12.2 Å². The van der Waals surface area contributed by atoms with Crippen LogP contribution in [0.25, 0.3) is 0 Å². The van der Waals surface area contributed by atoms with E-state index in [0.717, 1.165) is 57.8 Å². The van der Waals surface area contributed by atoms with E-state index < -0.39 is 29.6 Å². The Kier molecular flexibility index (Phi) is 6.74. The molecule has 1 aromatic carbocycles. The van der Waals surface area contributed by atoms with Crippen molar-refractivity contribution in [2.45, 2.75) is 94.0 Å². The van der Waals surface area contributed by atoms with E-state index in [1.54, 1.807) is 23.1 Å². The maximum Gasteiger partial charge on any atom is 0.246 e. The standard InChI is InChI=1S/C28H33Cl2N3O4/c29-16-13-17(30)15-19(14-16)32-25(34)22-21-11-12-28(37-21)23(22)27(36)33(20-9-5-2-6-10-20)24(28)26(35)31-18-7-3-1-4-8-18/h11-15,18,20-24H,1-10H2,(H,31,35)(H,32,34)/t21-,22+,23-,24-,28-/m0/s1. The minimum atomic E-state index is -1.13. The molecule has 6 rings (SSSR count). The fourth-order valence-electron chi connectivity index (χ4n) is 7.34. The number of hydrogen-bond donors (Lipinski definition) is 2. The molecule has 7 nitrogen and oxygen atoms in total. The summed E-state index contributed by atoms with van der Waals surface area (Å²) >= 11 is 12.3. The van der Waals surface area contributed by atoms with E-state index in [2.05, 4.69) is 10.6 Å². The largest absolute Gasteiger partial charge is 0.359 e. The van der Waals surface area contributed by atoms with Gasteiger partial charge >= 0.3 is 0 Å². The van der Waals surface area contributed by atoms with Crippen LogP contribution in [-0.2, 0) is 19.1 Å². The van der Waals surface area contributed by atoms with Crippen LogP contribution < -0.4 is 10.6 Å². The summed E-state index contributed by atoms with van der Waals surface area (Å²) in [7, 11) is 0. The quantitative estimate of drug-likeness (QED) is 0.517. The number of amides is 3. The van der Waals surface area contributed by atoms with Gasteiger partial charge in [0.1, 0.15) is 11.6 Å². The molecular weight excluding hydrogens is 513 g/mol. The second-order valence-electron chi connectivity index (χ2n) is 11.2. The lowest BCUT2D eigenvalue weighted by Gasteiger charge is -2.39. The Morgan fingerprint density at radius 1 is 0.919 bits per heavy atom. The van der Waals surface area contributed by atoms with Crippen molar-refractivity contribution in [2.75, 3.05) is 5.32 Å². The van der Waals surface area contributed by atoms with Crippen LogP contribution in [0.2, 0.25) is 10.0 Å². The molecule has 3 aliphatic heterocycles. The average molecular weight is 546 g/mol. The summed E-state index contributed by atoms with van der Waals surface area (Å²) < 4.78 is 6.47. The molecule has 2 bridgehead atoms. The number of likely N-dealkylation sites (tertiary alicyclic amines) is 1. The highest BCUT2D eigenvalue weighted by atomic mass is 35.5.